The first-order valence-electron chi connectivity index (χ1n) is 10.1. The van der Waals surface area contributed by atoms with Gasteiger partial charge in [0, 0.05) is 45.2 Å². The van der Waals surface area contributed by atoms with Crippen molar-refractivity contribution in [1.82, 2.24) is 4.90 Å². The van der Waals surface area contributed by atoms with Crippen molar-refractivity contribution >= 4 is 36.2 Å². The van der Waals surface area contributed by atoms with Crippen molar-refractivity contribution in [3.05, 3.63) is 35.4 Å². The molecule has 0 atom stereocenters. The molecule has 9 heteroatoms. The van der Waals surface area contributed by atoms with Crippen LogP contribution >= 0.6 is 12.4 Å². The first-order chi connectivity index (χ1) is 14.0. The van der Waals surface area contributed by atoms with E-state index in [4.69, 9.17) is 15.4 Å². The lowest BCUT2D eigenvalue weighted by molar-refractivity contribution is -0.143. The molecule has 8 nitrogen and oxygen atoms in total. The van der Waals surface area contributed by atoms with Gasteiger partial charge in [0.2, 0.25) is 5.91 Å². The van der Waals surface area contributed by atoms with Crippen LogP contribution in [0.15, 0.2) is 34.5 Å². The van der Waals surface area contributed by atoms with E-state index in [1.165, 1.54) is 0 Å². The zero-order valence-electron chi connectivity index (χ0n) is 17.2. The van der Waals surface area contributed by atoms with Gasteiger partial charge in [0.05, 0.1) is 18.5 Å². The predicted octanol–water partition coefficient (Wildman–Crippen LogP) is 2.62. The van der Waals surface area contributed by atoms with Crippen LogP contribution < -0.4 is 5.84 Å². The number of hydrogen-bond acceptors (Lipinski definition) is 7. The number of hydrazone groups is 1. The Bertz CT molecular complexity index is 787. The molecule has 164 valence electrons. The molecule has 1 saturated heterocycles. The Morgan fingerprint density at radius 1 is 1.27 bits per heavy atom. The molecule has 3 rings (SSSR count). The predicted molar refractivity (Wildman–Crippen MR) is 117 cm³/mol. The third-order valence-electron chi connectivity index (χ3n) is 5.41. The van der Waals surface area contributed by atoms with Crippen molar-refractivity contribution < 1.29 is 19.2 Å². The molecule has 0 radical (unpaired) electrons. The summed E-state index contributed by atoms with van der Waals surface area (Å²) in [6.45, 7) is 3.44. The molecule has 2 heterocycles. The van der Waals surface area contributed by atoms with Gasteiger partial charge in [0.1, 0.15) is 5.60 Å². The standard InChI is InChI=1S/C21H28N4O4.ClH/c1-2-28-20(27)5-3-4-19(26)25-12-10-21(11-13-25)14-18(24-29-21)17-8-6-16(7-9-17)15-23-22;/h6-9,15H,2-5,10-14,22H2,1H3;1H. The number of nitrogens with zero attached hydrogens (tertiary/aromatic N) is 3. The van der Waals surface area contributed by atoms with Gasteiger partial charge in [-0.05, 0) is 24.5 Å². The second-order valence-corrected chi connectivity index (χ2v) is 7.43. The number of likely N-dealkylation sites (tertiary alicyclic amines) is 1. The number of hydrogen-bond donors (Lipinski definition) is 1. The maximum Gasteiger partial charge on any atom is 0.305 e. The van der Waals surface area contributed by atoms with Crippen LogP contribution in [0.2, 0.25) is 0 Å². The van der Waals surface area contributed by atoms with E-state index < -0.39 is 0 Å². The SMILES string of the molecule is CCOC(=O)CCCC(=O)N1CCC2(CC1)CC(c1ccc(C=NN)cc1)=NO2.Cl. The lowest BCUT2D eigenvalue weighted by atomic mass is 9.85. The molecule has 0 unspecified atom stereocenters. The van der Waals surface area contributed by atoms with Crippen LogP contribution in [0.3, 0.4) is 0 Å². The van der Waals surface area contributed by atoms with Crippen molar-refractivity contribution in [2.24, 2.45) is 16.1 Å². The summed E-state index contributed by atoms with van der Waals surface area (Å²) in [5.74, 6) is 5.01. The van der Waals surface area contributed by atoms with Crippen molar-refractivity contribution in [3.63, 3.8) is 0 Å². The number of ether oxygens (including phenoxy) is 1. The number of carbonyl (C=O) groups excluding carboxylic acids is 2. The molecule has 2 aliphatic rings. The summed E-state index contributed by atoms with van der Waals surface area (Å²) in [5.41, 5.74) is 2.55. The number of nitrogens with two attached hydrogens (primary N) is 1. The monoisotopic (exact) mass is 436 g/mol. The molecule has 2 aliphatic heterocycles. The second-order valence-electron chi connectivity index (χ2n) is 7.43. The molecule has 1 spiro atoms. The van der Waals surface area contributed by atoms with E-state index in [0.717, 1.165) is 36.1 Å². The maximum absolute atomic E-state index is 12.4. The Morgan fingerprint density at radius 2 is 1.97 bits per heavy atom. The van der Waals surface area contributed by atoms with E-state index in [-0.39, 0.29) is 36.3 Å². The Morgan fingerprint density at radius 3 is 2.60 bits per heavy atom. The van der Waals surface area contributed by atoms with Crippen LogP contribution in [0.5, 0.6) is 0 Å². The minimum absolute atomic E-state index is 0. The van der Waals surface area contributed by atoms with E-state index in [1.54, 1.807) is 13.1 Å². The third-order valence-corrected chi connectivity index (χ3v) is 5.41. The van der Waals surface area contributed by atoms with E-state index in [1.807, 2.05) is 29.2 Å². The van der Waals surface area contributed by atoms with Crippen molar-refractivity contribution in [2.75, 3.05) is 19.7 Å². The van der Waals surface area contributed by atoms with Crippen molar-refractivity contribution in [2.45, 2.75) is 51.0 Å². The summed E-state index contributed by atoms with van der Waals surface area (Å²) in [6, 6.07) is 7.86. The van der Waals surface area contributed by atoms with Gasteiger partial charge in [-0.1, -0.05) is 29.4 Å². The molecule has 0 saturated carbocycles. The molecule has 0 aliphatic carbocycles. The zero-order valence-corrected chi connectivity index (χ0v) is 18.0. The minimum Gasteiger partial charge on any atom is -0.466 e. The summed E-state index contributed by atoms with van der Waals surface area (Å²) in [4.78, 5) is 31.5. The van der Waals surface area contributed by atoms with Gasteiger partial charge in [-0.3, -0.25) is 9.59 Å². The number of esters is 1. The zero-order chi connectivity index (χ0) is 20.7. The first kappa shape index (κ1) is 23.7. The lowest BCUT2D eigenvalue weighted by Gasteiger charge is -2.37. The van der Waals surface area contributed by atoms with Gasteiger partial charge in [-0.2, -0.15) is 5.10 Å². The highest BCUT2D eigenvalue weighted by molar-refractivity contribution is 6.02. The van der Waals surface area contributed by atoms with Gasteiger partial charge in [0.25, 0.3) is 0 Å². The second kappa shape index (κ2) is 11.0. The number of oxime groups is 1. The van der Waals surface area contributed by atoms with Crippen LogP contribution in [0.4, 0.5) is 0 Å². The number of amides is 1. The molecule has 1 amide bonds. The van der Waals surface area contributed by atoms with E-state index >= 15 is 0 Å². The highest BCUT2D eigenvalue weighted by Crippen LogP contribution is 2.36. The van der Waals surface area contributed by atoms with Gasteiger partial charge >= 0.3 is 5.97 Å². The highest BCUT2D eigenvalue weighted by atomic mass is 35.5. The third kappa shape index (κ3) is 5.95. The fourth-order valence-corrected chi connectivity index (χ4v) is 3.73. The fourth-order valence-electron chi connectivity index (χ4n) is 3.73. The Hall–Kier alpha value is -2.61. The molecular weight excluding hydrogens is 408 g/mol. The van der Waals surface area contributed by atoms with Gasteiger partial charge < -0.3 is 20.3 Å². The lowest BCUT2D eigenvalue weighted by Crippen LogP contribution is -2.46. The number of rotatable bonds is 7. The average Bonchev–Trinajstić information content (AvgIpc) is 3.13. The van der Waals surface area contributed by atoms with Crippen LogP contribution in [-0.4, -0.2) is 54.0 Å². The number of benzene rings is 1. The quantitative estimate of drug-likeness (QED) is 0.306. The summed E-state index contributed by atoms with van der Waals surface area (Å²) < 4.78 is 4.89. The highest BCUT2D eigenvalue weighted by Gasteiger charge is 2.43. The molecule has 2 N–H and O–H groups in total. The number of piperidine rings is 1. The largest absolute Gasteiger partial charge is 0.466 e. The van der Waals surface area contributed by atoms with Crippen molar-refractivity contribution in [3.8, 4) is 0 Å². The molecule has 1 aromatic carbocycles. The Labute approximate surface area is 182 Å². The van der Waals surface area contributed by atoms with E-state index in [0.29, 0.717) is 32.5 Å². The smallest absolute Gasteiger partial charge is 0.305 e. The van der Waals surface area contributed by atoms with Crippen LogP contribution in [0, 0.1) is 0 Å². The topological polar surface area (TPSA) is 107 Å². The average molecular weight is 437 g/mol. The summed E-state index contributed by atoms with van der Waals surface area (Å²) in [5, 5.41) is 7.84. The van der Waals surface area contributed by atoms with E-state index in [9.17, 15) is 9.59 Å². The molecule has 1 aromatic rings. The minimum atomic E-state index is -0.325. The molecule has 0 aromatic heterocycles. The molecule has 0 bridgehead atoms. The Kier molecular flexibility index (Phi) is 8.65. The maximum atomic E-state index is 12.4. The van der Waals surface area contributed by atoms with Crippen LogP contribution in [-0.2, 0) is 19.2 Å². The molecule has 30 heavy (non-hydrogen) atoms. The molecule has 1 fully saturated rings. The van der Waals surface area contributed by atoms with Crippen LogP contribution in [0.1, 0.15) is 56.6 Å². The van der Waals surface area contributed by atoms with E-state index in [2.05, 4.69) is 10.3 Å². The normalized spacial score (nSPS) is 17.4. The molecular formula is C21H29ClN4O4. The number of halogens is 1. The van der Waals surface area contributed by atoms with Gasteiger partial charge in [-0.15, -0.1) is 12.4 Å². The van der Waals surface area contributed by atoms with Crippen LogP contribution in [0.25, 0.3) is 0 Å². The first-order valence-corrected chi connectivity index (χ1v) is 10.1. The number of carbonyl (C=O) groups is 2. The fraction of sp³-hybridized carbons (Fsp3) is 0.524. The summed E-state index contributed by atoms with van der Waals surface area (Å²) in [6.07, 6.45) is 5.01. The summed E-state index contributed by atoms with van der Waals surface area (Å²) >= 11 is 0. The van der Waals surface area contributed by atoms with Gasteiger partial charge in [-0.25, -0.2) is 0 Å². The Balaban J connectivity index is 0.00000320. The van der Waals surface area contributed by atoms with Crippen molar-refractivity contribution in [1.29, 1.82) is 0 Å². The summed E-state index contributed by atoms with van der Waals surface area (Å²) in [7, 11) is 0. The van der Waals surface area contributed by atoms with Gasteiger partial charge in [0.15, 0.2) is 0 Å².